The highest BCUT2D eigenvalue weighted by atomic mass is 35.5. The normalized spacial score (nSPS) is 20.3. The lowest BCUT2D eigenvalue weighted by Crippen LogP contribution is -2.57. The minimum absolute atomic E-state index is 0.0355. The van der Waals surface area contributed by atoms with Gasteiger partial charge in [-0.25, -0.2) is 9.37 Å². The van der Waals surface area contributed by atoms with Crippen molar-refractivity contribution >= 4 is 44.7 Å². The molecule has 1 saturated heterocycles. The van der Waals surface area contributed by atoms with Gasteiger partial charge in [0.05, 0.1) is 18.2 Å². The number of ether oxygens (including phenoxy) is 1. The van der Waals surface area contributed by atoms with Crippen molar-refractivity contribution in [2.45, 2.75) is 25.0 Å². The number of amides is 1. The molecule has 0 spiro atoms. The number of carbonyl (C=O) groups is 1. The van der Waals surface area contributed by atoms with Gasteiger partial charge in [0.25, 0.3) is 10.2 Å². The van der Waals surface area contributed by atoms with E-state index < -0.39 is 34.0 Å². The molecule has 2 atom stereocenters. The third kappa shape index (κ3) is 5.33. The van der Waals surface area contributed by atoms with Crippen molar-refractivity contribution in [2.75, 3.05) is 12.4 Å². The number of thiazole rings is 1. The summed E-state index contributed by atoms with van der Waals surface area (Å²) in [6.45, 7) is -0.0355. The highest BCUT2D eigenvalue weighted by molar-refractivity contribution is 7.87. The summed E-state index contributed by atoms with van der Waals surface area (Å²) >= 11 is 7.12. The Morgan fingerprint density at radius 1 is 1.33 bits per heavy atom. The number of hydrogen-bond acceptors (Lipinski definition) is 6. The molecule has 1 aliphatic heterocycles. The van der Waals surface area contributed by atoms with Gasteiger partial charge >= 0.3 is 0 Å². The number of nitrogens with one attached hydrogen (secondary N) is 2. The molecule has 0 radical (unpaired) electrons. The van der Waals surface area contributed by atoms with Crippen LogP contribution in [0.25, 0.3) is 0 Å². The van der Waals surface area contributed by atoms with Gasteiger partial charge in [0, 0.05) is 23.8 Å². The molecule has 1 fully saturated rings. The fraction of sp³-hybridized carbons (Fsp3) is 0.238. The van der Waals surface area contributed by atoms with Gasteiger partial charge in [-0.2, -0.15) is 17.4 Å². The Hall–Kier alpha value is -2.57. The van der Waals surface area contributed by atoms with Crippen LogP contribution < -0.4 is 14.8 Å². The quantitative estimate of drug-likeness (QED) is 0.526. The smallest absolute Gasteiger partial charge is 0.281 e. The van der Waals surface area contributed by atoms with Crippen LogP contribution in [0.4, 0.5) is 10.1 Å². The van der Waals surface area contributed by atoms with Crippen molar-refractivity contribution in [1.82, 2.24) is 14.0 Å². The highest BCUT2D eigenvalue weighted by Gasteiger charge is 2.43. The van der Waals surface area contributed by atoms with Gasteiger partial charge in [0.15, 0.2) is 0 Å². The summed E-state index contributed by atoms with van der Waals surface area (Å²) in [5, 5.41) is 4.80. The lowest BCUT2D eigenvalue weighted by molar-refractivity contribution is -0.120. The number of benzene rings is 2. The minimum atomic E-state index is -4.04. The Labute approximate surface area is 199 Å². The third-order valence-electron chi connectivity index (χ3n) is 5.14. The maximum absolute atomic E-state index is 13.5. The van der Waals surface area contributed by atoms with Crippen LogP contribution in [0, 0.1) is 5.82 Å². The molecule has 0 bridgehead atoms. The predicted octanol–water partition coefficient (Wildman–Crippen LogP) is 3.73. The third-order valence-corrected chi connectivity index (χ3v) is 7.91. The molecule has 2 heterocycles. The van der Waals surface area contributed by atoms with Crippen molar-refractivity contribution in [2.24, 2.45) is 0 Å². The van der Waals surface area contributed by atoms with Crippen LogP contribution in [0.15, 0.2) is 54.0 Å². The molecule has 33 heavy (non-hydrogen) atoms. The zero-order valence-electron chi connectivity index (χ0n) is 17.4. The number of halogens is 2. The van der Waals surface area contributed by atoms with Gasteiger partial charge < -0.3 is 10.1 Å². The largest absolute Gasteiger partial charge is 0.497 e. The second kappa shape index (κ2) is 9.74. The summed E-state index contributed by atoms with van der Waals surface area (Å²) in [4.78, 5) is 17.4. The molecule has 1 aromatic heterocycles. The molecule has 3 aromatic rings. The first-order chi connectivity index (χ1) is 15.8. The van der Waals surface area contributed by atoms with E-state index in [1.165, 1.54) is 30.6 Å². The first-order valence-electron chi connectivity index (χ1n) is 9.84. The average Bonchev–Trinajstić information content (AvgIpc) is 3.33. The molecule has 0 saturated carbocycles. The molecule has 2 N–H and O–H groups in total. The van der Waals surface area contributed by atoms with Crippen molar-refractivity contribution in [3.05, 3.63) is 75.5 Å². The van der Waals surface area contributed by atoms with Gasteiger partial charge in [-0.15, -0.1) is 11.3 Å². The van der Waals surface area contributed by atoms with Crippen molar-refractivity contribution < 1.29 is 22.3 Å². The van der Waals surface area contributed by atoms with Gasteiger partial charge in [-0.1, -0.05) is 23.7 Å². The Morgan fingerprint density at radius 3 is 2.73 bits per heavy atom. The van der Waals surface area contributed by atoms with E-state index in [2.05, 4.69) is 15.0 Å². The summed E-state index contributed by atoms with van der Waals surface area (Å²) < 4.78 is 48.8. The fourth-order valence-electron chi connectivity index (χ4n) is 3.51. The van der Waals surface area contributed by atoms with E-state index >= 15 is 0 Å². The summed E-state index contributed by atoms with van der Waals surface area (Å²) in [6.07, 6.45) is 1.73. The van der Waals surface area contributed by atoms with E-state index in [1.54, 1.807) is 35.8 Å². The number of anilines is 1. The standard InChI is InChI=1S/C21H20ClFN4O4S2/c1-31-15-5-2-13(3-6-15)12-27-19(20(28)25-14-4-7-17(23)16(22)10-14)11-18(26-33(27,29)30)21-24-8-9-32-21/h2-10,18-19,26H,11-12H2,1H3,(H,25,28)/t18-,19+/m0/s1. The first kappa shape index (κ1) is 23.6. The zero-order valence-corrected chi connectivity index (χ0v) is 19.8. The fourth-order valence-corrected chi connectivity index (χ4v) is 6.00. The monoisotopic (exact) mass is 510 g/mol. The van der Waals surface area contributed by atoms with Gasteiger partial charge in [0.2, 0.25) is 5.91 Å². The van der Waals surface area contributed by atoms with Gasteiger partial charge in [0.1, 0.15) is 22.6 Å². The summed E-state index contributed by atoms with van der Waals surface area (Å²) in [5.74, 6) is -0.549. The van der Waals surface area contributed by atoms with Crippen LogP contribution in [-0.2, 0) is 21.5 Å². The lowest BCUT2D eigenvalue weighted by Gasteiger charge is -2.37. The van der Waals surface area contributed by atoms with Crippen molar-refractivity contribution in [3.8, 4) is 5.75 Å². The number of methoxy groups -OCH3 is 1. The Balaban J connectivity index is 1.64. The molecule has 0 aliphatic carbocycles. The Bertz CT molecular complexity index is 1240. The topological polar surface area (TPSA) is 101 Å². The molecular weight excluding hydrogens is 491 g/mol. The predicted molar refractivity (Wildman–Crippen MR) is 124 cm³/mol. The number of rotatable bonds is 6. The van der Waals surface area contributed by atoms with Gasteiger partial charge in [-0.05, 0) is 42.3 Å². The van der Waals surface area contributed by atoms with Crippen LogP contribution in [-0.4, -0.2) is 36.8 Å². The molecule has 1 aliphatic rings. The van der Waals surface area contributed by atoms with Crippen molar-refractivity contribution in [3.63, 3.8) is 0 Å². The van der Waals surface area contributed by atoms with Crippen molar-refractivity contribution in [1.29, 1.82) is 0 Å². The minimum Gasteiger partial charge on any atom is -0.497 e. The molecule has 4 rings (SSSR count). The number of aromatic nitrogens is 1. The molecule has 1 amide bonds. The van der Waals surface area contributed by atoms with Crippen LogP contribution in [0.5, 0.6) is 5.75 Å². The van der Waals surface area contributed by atoms with Crippen LogP contribution in [0.2, 0.25) is 5.02 Å². The molecule has 12 heteroatoms. The molecule has 0 unspecified atom stereocenters. The van der Waals surface area contributed by atoms with Gasteiger partial charge in [-0.3, -0.25) is 4.79 Å². The molecular formula is C21H20ClFN4O4S2. The average molecular weight is 511 g/mol. The van der Waals surface area contributed by atoms with Crippen LogP contribution in [0.1, 0.15) is 23.0 Å². The SMILES string of the molecule is COc1ccc(CN2[C@@H](C(=O)Nc3ccc(F)c(Cl)c3)C[C@@H](c3nccs3)NS2(=O)=O)cc1. The molecule has 174 valence electrons. The summed E-state index contributed by atoms with van der Waals surface area (Å²) in [7, 11) is -2.51. The van der Waals surface area contributed by atoms with E-state index in [9.17, 15) is 17.6 Å². The number of hydrogen-bond donors (Lipinski definition) is 2. The summed E-state index contributed by atoms with van der Waals surface area (Å²) in [6, 6.07) is 8.96. The van der Waals surface area contributed by atoms with Crippen LogP contribution in [0.3, 0.4) is 0 Å². The zero-order chi connectivity index (χ0) is 23.6. The van der Waals surface area contributed by atoms with E-state index in [4.69, 9.17) is 16.3 Å². The first-order valence-corrected chi connectivity index (χ1v) is 12.5. The number of nitrogens with zero attached hydrogens (tertiary/aromatic N) is 2. The Morgan fingerprint density at radius 2 is 2.09 bits per heavy atom. The van der Waals surface area contributed by atoms with E-state index in [0.29, 0.717) is 16.3 Å². The lowest BCUT2D eigenvalue weighted by atomic mass is 10.1. The molecule has 8 nitrogen and oxygen atoms in total. The van der Waals surface area contributed by atoms with Crippen LogP contribution >= 0.6 is 22.9 Å². The Kier molecular flexibility index (Phi) is 6.96. The summed E-state index contributed by atoms with van der Waals surface area (Å²) in [5.41, 5.74) is 0.939. The van der Waals surface area contributed by atoms with E-state index in [1.807, 2.05) is 0 Å². The second-order valence-corrected chi connectivity index (χ2v) is 10.3. The molecule has 2 aromatic carbocycles. The second-order valence-electron chi connectivity index (χ2n) is 7.31. The number of carbonyl (C=O) groups excluding carboxylic acids is 1. The maximum Gasteiger partial charge on any atom is 0.281 e. The maximum atomic E-state index is 13.5. The van der Waals surface area contributed by atoms with E-state index in [0.717, 1.165) is 10.4 Å². The van der Waals surface area contributed by atoms with E-state index in [-0.39, 0.29) is 23.7 Å². The highest BCUT2D eigenvalue weighted by Crippen LogP contribution is 2.32.